The number of alkyl halides is 2. The van der Waals surface area contributed by atoms with Gasteiger partial charge in [-0.1, -0.05) is 12.1 Å². The Labute approximate surface area is 128 Å². The van der Waals surface area contributed by atoms with Crippen molar-refractivity contribution in [2.45, 2.75) is 26.1 Å². The fourth-order valence-corrected chi connectivity index (χ4v) is 2.35. The van der Waals surface area contributed by atoms with Crippen LogP contribution in [0.25, 0.3) is 0 Å². The van der Waals surface area contributed by atoms with Crippen molar-refractivity contribution in [2.75, 3.05) is 26.2 Å². The molecule has 0 bridgehead atoms. The third-order valence-electron chi connectivity index (χ3n) is 3.62. The molecular weight excluding hydrogens is 292 g/mol. The molecule has 1 aliphatic rings. The number of nitrogens with one attached hydrogen (secondary N) is 2. The summed E-state index contributed by atoms with van der Waals surface area (Å²) >= 11 is 0. The lowest BCUT2D eigenvalue weighted by molar-refractivity contribution is -0.123. The Kier molecular flexibility index (Phi) is 6.09. The zero-order valence-electron chi connectivity index (χ0n) is 12.5. The van der Waals surface area contributed by atoms with Gasteiger partial charge in [0.25, 0.3) is 0 Å². The van der Waals surface area contributed by atoms with Crippen LogP contribution in [-0.4, -0.2) is 49.6 Å². The lowest BCUT2D eigenvalue weighted by Crippen LogP contribution is -2.52. The van der Waals surface area contributed by atoms with Gasteiger partial charge in [-0.05, 0) is 24.6 Å². The van der Waals surface area contributed by atoms with E-state index in [4.69, 9.17) is 0 Å². The third kappa shape index (κ3) is 5.23. The lowest BCUT2D eigenvalue weighted by Gasteiger charge is -2.33. The maximum absolute atomic E-state index is 12.0. The van der Waals surface area contributed by atoms with Crippen LogP contribution in [0, 0.1) is 0 Å². The first kappa shape index (κ1) is 16.6. The number of halogens is 2. The Morgan fingerprint density at radius 2 is 2.18 bits per heavy atom. The van der Waals surface area contributed by atoms with E-state index in [0.29, 0.717) is 19.1 Å². The van der Waals surface area contributed by atoms with Crippen LogP contribution in [0.5, 0.6) is 5.75 Å². The van der Waals surface area contributed by atoms with Gasteiger partial charge in [-0.3, -0.25) is 9.69 Å². The maximum Gasteiger partial charge on any atom is 0.387 e. The van der Waals surface area contributed by atoms with Gasteiger partial charge in [0.1, 0.15) is 5.75 Å². The van der Waals surface area contributed by atoms with Crippen molar-refractivity contribution < 1.29 is 18.3 Å². The topological polar surface area (TPSA) is 53.6 Å². The van der Waals surface area contributed by atoms with Crippen LogP contribution in [0.15, 0.2) is 24.3 Å². The molecule has 1 fully saturated rings. The van der Waals surface area contributed by atoms with Crippen LogP contribution < -0.4 is 15.4 Å². The quantitative estimate of drug-likeness (QED) is 0.829. The van der Waals surface area contributed by atoms with E-state index in [9.17, 15) is 13.6 Å². The minimum atomic E-state index is -2.83. The van der Waals surface area contributed by atoms with E-state index in [1.54, 1.807) is 12.1 Å². The molecule has 2 N–H and O–H groups in total. The van der Waals surface area contributed by atoms with E-state index >= 15 is 0 Å². The largest absolute Gasteiger partial charge is 0.435 e. The fraction of sp³-hybridized carbons (Fsp3) is 0.533. The van der Waals surface area contributed by atoms with E-state index in [1.807, 2.05) is 0 Å². The summed E-state index contributed by atoms with van der Waals surface area (Å²) in [6.45, 7) is 2.63. The second kappa shape index (κ2) is 8.05. The second-order valence-electron chi connectivity index (χ2n) is 5.32. The van der Waals surface area contributed by atoms with Gasteiger partial charge in [-0.25, -0.2) is 0 Å². The number of nitrogens with zero attached hydrogens (tertiary/aromatic N) is 1. The molecule has 0 radical (unpaired) electrons. The highest BCUT2D eigenvalue weighted by Gasteiger charge is 2.19. The van der Waals surface area contributed by atoms with E-state index in [0.717, 1.165) is 25.2 Å². The number of benzene rings is 1. The number of hydrogen-bond donors (Lipinski definition) is 2. The van der Waals surface area contributed by atoms with Gasteiger partial charge in [-0.2, -0.15) is 8.78 Å². The van der Waals surface area contributed by atoms with Crippen molar-refractivity contribution >= 4 is 5.91 Å². The molecule has 0 spiro atoms. The smallest absolute Gasteiger partial charge is 0.387 e. The molecule has 0 aliphatic carbocycles. The Morgan fingerprint density at radius 1 is 1.45 bits per heavy atom. The van der Waals surface area contributed by atoms with Crippen molar-refractivity contribution in [3.05, 3.63) is 29.8 Å². The Hall–Kier alpha value is -1.73. The summed E-state index contributed by atoms with van der Waals surface area (Å²) in [4.78, 5) is 14.1. The third-order valence-corrected chi connectivity index (χ3v) is 3.62. The van der Waals surface area contributed by atoms with E-state index in [-0.39, 0.29) is 11.7 Å². The van der Waals surface area contributed by atoms with Crippen molar-refractivity contribution in [1.82, 2.24) is 15.5 Å². The predicted octanol–water partition coefficient (Wildman–Crippen LogP) is 1.20. The molecule has 0 saturated carbocycles. The summed E-state index contributed by atoms with van der Waals surface area (Å²) in [6, 6.07) is 6.58. The van der Waals surface area contributed by atoms with Crippen LogP contribution in [0.1, 0.15) is 12.5 Å². The van der Waals surface area contributed by atoms with Crippen LogP contribution in [-0.2, 0) is 11.3 Å². The molecule has 1 aromatic rings. The highest BCUT2D eigenvalue weighted by atomic mass is 19.3. The molecule has 0 aromatic heterocycles. The van der Waals surface area contributed by atoms with E-state index in [2.05, 4.69) is 27.2 Å². The molecular formula is C15H21F2N3O2. The van der Waals surface area contributed by atoms with Crippen molar-refractivity contribution in [3.63, 3.8) is 0 Å². The molecule has 1 amide bonds. The maximum atomic E-state index is 12.0. The zero-order chi connectivity index (χ0) is 15.9. The molecule has 0 unspecified atom stereocenters. The highest BCUT2D eigenvalue weighted by molar-refractivity contribution is 5.78. The second-order valence-corrected chi connectivity index (χ2v) is 5.32. The number of carbonyl (C=O) groups excluding carboxylic acids is 1. The van der Waals surface area contributed by atoms with Crippen LogP contribution in [0.4, 0.5) is 8.78 Å². The molecule has 1 aromatic carbocycles. The number of carbonyl (C=O) groups is 1. The van der Waals surface area contributed by atoms with Crippen molar-refractivity contribution in [2.24, 2.45) is 0 Å². The number of amides is 1. The van der Waals surface area contributed by atoms with Gasteiger partial charge in [0.15, 0.2) is 0 Å². The molecule has 7 heteroatoms. The summed E-state index contributed by atoms with van der Waals surface area (Å²) in [7, 11) is 0. The number of piperazine rings is 1. The number of hydrogen-bond acceptors (Lipinski definition) is 4. The van der Waals surface area contributed by atoms with Gasteiger partial charge in [0.2, 0.25) is 5.91 Å². The average Bonchev–Trinajstić information content (AvgIpc) is 2.48. The number of ether oxygens (including phenoxy) is 1. The number of rotatable bonds is 6. The minimum Gasteiger partial charge on any atom is -0.435 e. The first-order chi connectivity index (χ1) is 10.5. The molecule has 122 valence electrons. The summed E-state index contributed by atoms with van der Waals surface area (Å²) < 4.78 is 28.4. The molecule has 2 rings (SSSR count). The van der Waals surface area contributed by atoms with E-state index in [1.165, 1.54) is 12.1 Å². The minimum absolute atomic E-state index is 0.0401. The summed E-state index contributed by atoms with van der Waals surface area (Å²) in [5, 5.41) is 6.11. The predicted molar refractivity (Wildman–Crippen MR) is 78.8 cm³/mol. The summed E-state index contributed by atoms with van der Waals surface area (Å²) in [5.41, 5.74) is 0.836. The van der Waals surface area contributed by atoms with Crippen LogP contribution >= 0.6 is 0 Å². The van der Waals surface area contributed by atoms with Crippen molar-refractivity contribution in [3.8, 4) is 5.75 Å². The molecule has 1 aliphatic heterocycles. The van der Waals surface area contributed by atoms with E-state index < -0.39 is 6.61 Å². The van der Waals surface area contributed by atoms with Crippen LogP contribution in [0.2, 0.25) is 0 Å². The first-order valence-electron chi connectivity index (χ1n) is 7.30. The average molecular weight is 313 g/mol. The molecule has 1 heterocycles. The molecule has 22 heavy (non-hydrogen) atoms. The van der Waals surface area contributed by atoms with Gasteiger partial charge in [0, 0.05) is 32.2 Å². The highest BCUT2D eigenvalue weighted by Crippen LogP contribution is 2.14. The lowest BCUT2D eigenvalue weighted by atomic mass is 10.2. The SMILES string of the molecule is C[C@H]1CNCCN1CC(=O)NCc1ccc(OC(F)F)cc1. The van der Waals surface area contributed by atoms with Gasteiger partial charge in [0.05, 0.1) is 6.54 Å². The standard InChI is InChI=1S/C15H21F2N3O2/c1-11-8-18-6-7-20(11)10-14(21)19-9-12-2-4-13(5-3-12)22-15(16)17/h2-5,11,15,18H,6-10H2,1H3,(H,19,21)/t11-/m0/s1. The summed E-state index contributed by atoms with van der Waals surface area (Å²) in [6.07, 6.45) is 0. The first-order valence-corrected chi connectivity index (χ1v) is 7.30. The Bertz CT molecular complexity index is 482. The van der Waals surface area contributed by atoms with Crippen LogP contribution in [0.3, 0.4) is 0 Å². The molecule has 5 nitrogen and oxygen atoms in total. The Balaban J connectivity index is 1.76. The van der Waals surface area contributed by atoms with Gasteiger partial charge < -0.3 is 15.4 Å². The zero-order valence-corrected chi connectivity index (χ0v) is 12.5. The summed E-state index contributed by atoms with van der Waals surface area (Å²) in [5.74, 6) is 0.0707. The molecule has 1 saturated heterocycles. The normalized spacial score (nSPS) is 19.2. The van der Waals surface area contributed by atoms with Crippen molar-refractivity contribution in [1.29, 1.82) is 0 Å². The molecule has 1 atom stereocenters. The fourth-order valence-electron chi connectivity index (χ4n) is 2.35. The Morgan fingerprint density at radius 3 is 2.82 bits per heavy atom. The van der Waals surface area contributed by atoms with Gasteiger partial charge >= 0.3 is 6.61 Å². The van der Waals surface area contributed by atoms with Gasteiger partial charge in [-0.15, -0.1) is 0 Å². The monoisotopic (exact) mass is 313 g/mol.